The monoisotopic (exact) mass is 271 g/mol. The summed E-state index contributed by atoms with van der Waals surface area (Å²) >= 11 is 9.52. The summed E-state index contributed by atoms with van der Waals surface area (Å²) in [4.78, 5) is 0. The van der Waals surface area contributed by atoms with Crippen molar-refractivity contribution in [2.24, 2.45) is 0 Å². The Morgan fingerprint density at radius 1 is 1.36 bits per heavy atom. The van der Waals surface area contributed by atoms with Crippen molar-refractivity contribution >= 4 is 27.5 Å². The Kier molecular flexibility index (Phi) is 3.24. The van der Waals surface area contributed by atoms with E-state index in [0.717, 1.165) is 10.0 Å². The lowest BCUT2D eigenvalue weighted by atomic mass is 9.84. The minimum atomic E-state index is -0.119. The minimum absolute atomic E-state index is 0.119. The van der Waals surface area contributed by atoms with Gasteiger partial charge in [-0.1, -0.05) is 32.4 Å². The van der Waals surface area contributed by atoms with Crippen LogP contribution in [-0.4, -0.2) is 0 Å². The van der Waals surface area contributed by atoms with Gasteiger partial charge in [0.1, 0.15) is 0 Å². The molecule has 0 saturated heterocycles. The number of nitriles is 1. The fraction of sp³-hybridized carbons (Fsp3) is 0.364. The SMILES string of the molecule is CC(C)(C)c1c(C#N)ccc(Br)c1Cl. The Hall–Kier alpha value is -0.520. The highest BCUT2D eigenvalue weighted by atomic mass is 79.9. The van der Waals surface area contributed by atoms with E-state index in [1.54, 1.807) is 12.1 Å². The van der Waals surface area contributed by atoms with Gasteiger partial charge in [0.2, 0.25) is 0 Å². The normalized spacial score (nSPS) is 11.1. The van der Waals surface area contributed by atoms with Crippen molar-refractivity contribution < 1.29 is 0 Å². The molecular formula is C11H11BrClN. The maximum Gasteiger partial charge on any atom is 0.0995 e. The van der Waals surface area contributed by atoms with Gasteiger partial charge in [-0.2, -0.15) is 5.26 Å². The summed E-state index contributed by atoms with van der Waals surface area (Å²) in [6.07, 6.45) is 0. The predicted octanol–water partition coefficient (Wildman–Crippen LogP) is 4.27. The molecule has 0 fully saturated rings. The molecule has 0 aromatic heterocycles. The molecule has 1 aromatic rings. The van der Waals surface area contributed by atoms with Gasteiger partial charge >= 0.3 is 0 Å². The van der Waals surface area contributed by atoms with Gasteiger partial charge in [0.15, 0.2) is 0 Å². The maximum atomic E-state index is 8.97. The lowest BCUT2D eigenvalue weighted by molar-refractivity contribution is 0.588. The van der Waals surface area contributed by atoms with Crippen LogP contribution in [0.2, 0.25) is 5.02 Å². The van der Waals surface area contributed by atoms with Crippen LogP contribution < -0.4 is 0 Å². The zero-order valence-electron chi connectivity index (χ0n) is 8.36. The van der Waals surface area contributed by atoms with Crippen molar-refractivity contribution in [1.29, 1.82) is 5.26 Å². The highest BCUT2D eigenvalue weighted by molar-refractivity contribution is 9.10. The molecule has 1 rings (SSSR count). The Morgan fingerprint density at radius 3 is 2.36 bits per heavy atom. The molecule has 0 aliphatic carbocycles. The zero-order valence-corrected chi connectivity index (χ0v) is 10.7. The quantitative estimate of drug-likeness (QED) is 0.692. The first-order valence-electron chi connectivity index (χ1n) is 4.26. The van der Waals surface area contributed by atoms with Crippen LogP contribution >= 0.6 is 27.5 Å². The second kappa shape index (κ2) is 3.92. The van der Waals surface area contributed by atoms with E-state index in [1.807, 2.05) is 20.8 Å². The van der Waals surface area contributed by atoms with E-state index in [0.29, 0.717) is 10.6 Å². The molecule has 0 unspecified atom stereocenters. The van der Waals surface area contributed by atoms with Crippen molar-refractivity contribution in [2.75, 3.05) is 0 Å². The number of hydrogen-bond acceptors (Lipinski definition) is 1. The summed E-state index contributed by atoms with van der Waals surface area (Å²) in [6.45, 7) is 6.13. The van der Waals surface area contributed by atoms with Crippen LogP contribution in [0.25, 0.3) is 0 Å². The van der Waals surface area contributed by atoms with Gasteiger partial charge in [-0.25, -0.2) is 0 Å². The predicted molar refractivity (Wildman–Crippen MR) is 62.6 cm³/mol. The van der Waals surface area contributed by atoms with Crippen LogP contribution in [0.1, 0.15) is 31.9 Å². The lowest BCUT2D eigenvalue weighted by Crippen LogP contribution is -2.14. The molecule has 0 heterocycles. The molecule has 1 nitrogen and oxygen atoms in total. The molecule has 0 bridgehead atoms. The molecule has 14 heavy (non-hydrogen) atoms. The molecule has 0 saturated carbocycles. The Balaban J connectivity index is 3.54. The first-order valence-corrected chi connectivity index (χ1v) is 5.43. The molecule has 0 amide bonds. The van der Waals surface area contributed by atoms with Gasteiger partial charge in [-0.3, -0.25) is 0 Å². The Bertz CT molecular complexity index is 399. The smallest absolute Gasteiger partial charge is 0.0995 e. The summed E-state index contributed by atoms with van der Waals surface area (Å²) in [5.41, 5.74) is 1.42. The average molecular weight is 273 g/mol. The summed E-state index contributed by atoms with van der Waals surface area (Å²) in [5, 5.41) is 9.61. The van der Waals surface area contributed by atoms with Crippen molar-refractivity contribution in [2.45, 2.75) is 26.2 Å². The average Bonchev–Trinajstić information content (AvgIpc) is 2.07. The highest BCUT2D eigenvalue weighted by Gasteiger charge is 2.22. The molecule has 0 aliphatic rings. The Labute approximate surface area is 97.8 Å². The van der Waals surface area contributed by atoms with E-state index in [1.165, 1.54) is 0 Å². The van der Waals surface area contributed by atoms with Crippen molar-refractivity contribution in [3.63, 3.8) is 0 Å². The fourth-order valence-electron chi connectivity index (χ4n) is 1.38. The largest absolute Gasteiger partial charge is 0.192 e. The topological polar surface area (TPSA) is 23.8 Å². The summed E-state index contributed by atoms with van der Waals surface area (Å²) in [7, 11) is 0. The van der Waals surface area contributed by atoms with Gasteiger partial charge in [-0.05, 0) is 39.0 Å². The number of benzene rings is 1. The van der Waals surface area contributed by atoms with Crippen molar-refractivity contribution in [3.8, 4) is 6.07 Å². The lowest BCUT2D eigenvalue weighted by Gasteiger charge is -2.22. The van der Waals surface area contributed by atoms with E-state index < -0.39 is 0 Å². The van der Waals surface area contributed by atoms with E-state index in [-0.39, 0.29) is 5.41 Å². The third kappa shape index (κ3) is 2.10. The van der Waals surface area contributed by atoms with Crippen molar-refractivity contribution in [1.82, 2.24) is 0 Å². The summed E-state index contributed by atoms with van der Waals surface area (Å²) in [5.74, 6) is 0. The molecule has 0 spiro atoms. The Morgan fingerprint density at radius 2 is 1.93 bits per heavy atom. The molecule has 1 aromatic carbocycles. The van der Waals surface area contributed by atoms with Crippen LogP contribution in [0.3, 0.4) is 0 Å². The van der Waals surface area contributed by atoms with Crippen LogP contribution in [0.15, 0.2) is 16.6 Å². The summed E-state index contributed by atoms with van der Waals surface area (Å²) in [6, 6.07) is 5.75. The molecule has 0 aliphatic heterocycles. The third-order valence-electron chi connectivity index (χ3n) is 1.97. The maximum absolute atomic E-state index is 8.97. The van der Waals surface area contributed by atoms with E-state index in [4.69, 9.17) is 16.9 Å². The third-order valence-corrected chi connectivity index (χ3v) is 3.25. The van der Waals surface area contributed by atoms with Crippen LogP contribution in [-0.2, 0) is 5.41 Å². The molecule has 0 N–H and O–H groups in total. The van der Waals surface area contributed by atoms with E-state index in [2.05, 4.69) is 22.0 Å². The van der Waals surface area contributed by atoms with Crippen LogP contribution in [0.5, 0.6) is 0 Å². The fourth-order valence-corrected chi connectivity index (χ4v) is 2.16. The number of halogens is 2. The molecule has 74 valence electrons. The van der Waals surface area contributed by atoms with Gasteiger partial charge in [-0.15, -0.1) is 0 Å². The highest BCUT2D eigenvalue weighted by Crippen LogP contribution is 2.36. The first-order chi connectivity index (χ1) is 6.38. The second-order valence-corrected chi connectivity index (χ2v) is 5.38. The molecule has 0 radical (unpaired) electrons. The molecular weight excluding hydrogens is 261 g/mol. The van der Waals surface area contributed by atoms with Crippen LogP contribution in [0, 0.1) is 11.3 Å². The molecule has 0 atom stereocenters. The van der Waals surface area contributed by atoms with Gasteiger partial charge in [0, 0.05) is 4.47 Å². The number of nitrogens with zero attached hydrogens (tertiary/aromatic N) is 1. The zero-order chi connectivity index (χ0) is 10.9. The first kappa shape index (κ1) is 11.6. The second-order valence-electron chi connectivity index (χ2n) is 4.15. The van der Waals surface area contributed by atoms with Crippen LogP contribution in [0.4, 0.5) is 0 Å². The standard InChI is InChI=1S/C11H11BrClN/c1-11(2,3)9-7(6-14)4-5-8(12)10(9)13/h4-5H,1-3H3. The molecule has 3 heteroatoms. The van der Waals surface area contributed by atoms with Crippen molar-refractivity contribution in [3.05, 3.63) is 32.8 Å². The number of rotatable bonds is 0. The van der Waals surface area contributed by atoms with Gasteiger partial charge < -0.3 is 0 Å². The summed E-state index contributed by atoms with van der Waals surface area (Å²) < 4.78 is 0.836. The minimum Gasteiger partial charge on any atom is -0.192 e. The van der Waals surface area contributed by atoms with E-state index >= 15 is 0 Å². The number of hydrogen-bond donors (Lipinski definition) is 0. The van der Waals surface area contributed by atoms with E-state index in [9.17, 15) is 0 Å². The van der Waals surface area contributed by atoms with Gasteiger partial charge in [0.25, 0.3) is 0 Å². The van der Waals surface area contributed by atoms with Gasteiger partial charge in [0.05, 0.1) is 16.7 Å².